The number of nitrogens with one attached hydrogen (secondary N) is 1. The molecule has 2 rings (SSSR count). The van der Waals surface area contributed by atoms with Gasteiger partial charge in [-0.15, -0.1) is 0 Å². The molecule has 1 saturated heterocycles. The SMILES string of the molecule is COc1ccc(Br)cc1CC(NN)C1CSCCS1. The van der Waals surface area contributed by atoms with Gasteiger partial charge in [-0.3, -0.25) is 11.3 Å². The minimum Gasteiger partial charge on any atom is -0.496 e. The van der Waals surface area contributed by atoms with E-state index in [1.54, 1.807) is 7.11 Å². The topological polar surface area (TPSA) is 47.3 Å². The van der Waals surface area contributed by atoms with Gasteiger partial charge in [0.05, 0.1) is 7.11 Å². The lowest BCUT2D eigenvalue weighted by molar-refractivity contribution is 0.404. The van der Waals surface area contributed by atoms with Crippen molar-refractivity contribution in [3.8, 4) is 5.75 Å². The molecule has 0 bridgehead atoms. The van der Waals surface area contributed by atoms with Crippen LogP contribution in [-0.4, -0.2) is 35.7 Å². The summed E-state index contributed by atoms with van der Waals surface area (Å²) in [7, 11) is 1.71. The number of hydrogen-bond acceptors (Lipinski definition) is 5. The number of hydrogen-bond donors (Lipinski definition) is 2. The molecule has 3 nitrogen and oxygen atoms in total. The number of rotatable bonds is 5. The minimum atomic E-state index is 0.279. The Morgan fingerprint density at radius 2 is 2.37 bits per heavy atom. The highest BCUT2D eigenvalue weighted by atomic mass is 79.9. The second-order valence-corrected chi connectivity index (χ2v) is 7.83. The number of thioether (sulfide) groups is 2. The zero-order valence-corrected chi connectivity index (χ0v) is 14.1. The fourth-order valence-electron chi connectivity index (χ4n) is 2.18. The molecule has 1 heterocycles. The fourth-order valence-corrected chi connectivity index (χ4v) is 5.46. The second-order valence-electron chi connectivity index (χ2n) is 4.42. The molecule has 0 amide bonds. The first-order chi connectivity index (χ1) is 9.24. The number of hydrazine groups is 1. The summed E-state index contributed by atoms with van der Waals surface area (Å²) < 4.78 is 6.51. The molecule has 1 aliphatic heterocycles. The summed E-state index contributed by atoms with van der Waals surface area (Å²) in [4.78, 5) is 0. The molecule has 1 fully saturated rings. The van der Waals surface area contributed by atoms with Crippen molar-refractivity contribution >= 4 is 39.5 Å². The van der Waals surface area contributed by atoms with Crippen LogP contribution < -0.4 is 16.0 Å². The van der Waals surface area contributed by atoms with Crippen LogP contribution in [0.1, 0.15) is 5.56 Å². The van der Waals surface area contributed by atoms with Crippen LogP contribution in [0.3, 0.4) is 0 Å². The van der Waals surface area contributed by atoms with Gasteiger partial charge in [0, 0.05) is 33.0 Å². The Hall–Kier alpha value is 0.120. The van der Waals surface area contributed by atoms with E-state index in [0.29, 0.717) is 5.25 Å². The van der Waals surface area contributed by atoms with E-state index in [9.17, 15) is 0 Å². The van der Waals surface area contributed by atoms with Crippen LogP contribution in [0.25, 0.3) is 0 Å². The van der Waals surface area contributed by atoms with E-state index in [-0.39, 0.29) is 6.04 Å². The summed E-state index contributed by atoms with van der Waals surface area (Å²) in [6.45, 7) is 0. The molecule has 19 heavy (non-hydrogen) atoms. The molecule has 1 aromatic carbocycles. The van der Waals surface area contributed by atoms with E-state index in [2.05, 4.69) is 27.4 Å². The molecule has 106 valence electrons. The van der Waals surface area contributed by atoms with Gasteiger partial charge in [0.1, 0.15) is 5.75 Å². The maximum Gasteiger partial charge on any atom is 0.122 e. The van der Waals surface area contributed by atoms with E-state index < -0.39 is 0 Å². The smallest absolute Gasteiger partial charge is 0.122 e. The van der Waals surface area contributed by atoms with Crippen molar-refractivity contribution < 1.29 is 4.74 Å². The number of halogens is 1. The summed E-state index contributed by atoms with van der Waals surface area (Å²) in [6.07, 6.45) is 0.886. The first kappa shape index (κ1) is 15.5. The fraction of sp³-hybridized carbons (Fsp3) is 0.538. The minimum absolute atomic E-state index is 0.279. The third kappa shape index (κ3) is 4.29. The Balaban J connectivity index is 2.10. The van der Waals surface area contributed by atoms with E-state index >= 15 is 0 Å². The lowest BCUT2D eigenvalue weighted by Gasteiger charge is -2.29. The van der Waals surface area contributed by atoms with Crippen LogP contribution in [0.4, 0.5) is 0 Å². The third-order valence-electron chi connectivity index (χ3n) is 3.19. The number of methoxy groups -OCH3 is 1. The largest absolute Gasteiger partial charge is 0.496 e. The Labute approximate surface area is 131 Å². The molecular formula is C13H19BrN2OS2. The van der Waals surface area contributed by atoms with E-state index in [1.807, 2.05) is 35.7 Å². The van der Waals surface area contributed by atoms with Crippen molar-refractivity contribution in [2.45, 2.75) is 17.7 Å². The summed E-state index contributed by atoms with van der Waals surface area (Å²) in [5, 5.41) is 0.562. The highest BCUT2D eigenvalue weighted by Crippen LogP contribution is 2.30. The van der Waals surface area contributed by atoms with Crippen molar-refractivity contribution in [2.24, 2.45) is 5.84 Å². The highest BCUT2D eigenvalue weighted by molar-refractivity contribution is 9.10. The summed E-state index contributed by atoms with van der Waals surface area (Å²) >= 11 is 7.55. The standard InChI is InChI=1S/C13H19BrN2OS2/c1-17-12-3-2-10(14)6-9(12)7-11(16-15)13-8-18-4-5-19-13/h2-3,6,11,13,16H,4-5,7-8,15H2,1H3. The Morgan fingerprint density at radius 1 is 1.53 bits per heavy atom. The van der Waals surface area contributed by atoms with Gasteiger partial charge in [-0.05, 0) is 30.2 Å². The van der Waals surface area contributed by atoms with Crippen molar-refractivity contribution in [2.75, 3.05) is 24.4 Å². The first-order valence-corrected chi connectivity index (χ1v) is 9.22. The quantitative estimate of drug-likeness (QED) is 0.622. The summed E-state index contributed by atoms with van der Waals surface area (Å²) in [5.41, 5.74) is 4.18. The molecule has 1 aromatic rings. The predicted molar refractivity (Wildman–Crippen MR) is 89.1 cm³/mol. The molecule has 3 N–H and O–H groups in total. The van der Waals surface area contributed by atoms with E-state index in [0.717, 1.165) is 22.4 Å². The maximum absolute atomic E-state index is 5.76. The Bertz CT molecular complexity index is 414. The van der Waals surface area contributed by atoms with Crippen molar-refractivity contribution in [3.63, 3.8) is 0 Å². The molecule has 0 radical (unpaired) electrons. The van der Waals surface area contributed by atoms with Gasteiger partial charge in [0.25, 0.3) is 0 Å². The monoisotopic (exact) mass is 362 g/mol. The third-order valence-corrected chi connectivity index (χ3v) is 6.60. The first-order valence-electron chi connectivity index (χ1n) is 6.22. The average molecular weight is 363 g/mol. The molecule has 0 aromatic heterocycles. The predicted octanol–water partition coefficient (Wildman–Crippen LogP) is 2.68. The van der Waals surface area contributed by atoms with Gasteiger partial charge in [-0.25, -0.2) is 0 Å². The van der Waals surface area contributed by atoms with Gasteiger partial charge >= 0.3 is 0 Å². The van der Waals surface area contributed by atoms with Gasteiger partial charge in [0.2, 0.25) is 0 Å². The molecule has 2 atom stereocenters. The zero-order chi connectivity index (χ0) is 13.7. The zero-order valence-electron chi connectivity index (χ0n) is 10.9. The molecule has 0 saturated carbocycles. The lowest BCUT2D eigenvalue weighted by Crippen LogP contribution is -2.46. The van der Waals surface area contributed by atoms with Crippen molar-refractivity contribution in [3.05, 3.63) is 28.2 Å². The molecule has 1 aliphatic rings. The van der Waals surface area contributed by atoms with Gasteiger partial charge < -0.3 is 4.74 Å². The summed E-state index contributed by atoms with van der Waals surface area (Å²) in [6, 6.07) is 6.39. The highest BCUT2D eigenvalue weighted by Gasteiger charge is 2.24. The molecular weight excluding hydrogens is 344 g/mol. The van der Waals surface area contributed by atoms with Crippen LogP contribution in [0.2, 0.25) is 0 Å². The van der Waals surface area contributed by atoms with Crippen molar-refractivity contribution in [1.82, 2.24) is 5.43 Å². The maximum atomic E-state index is 5.76. The van der Waals surface area contributed by atoms with E-state index in [1.165, 1.54) is 17.1 Å². The number of nitrogens with two attached hydrogens (primary N) is 1. The van der Waals surface area contributed by atoms with Crippen LogP contribution in [0.5, 0.6) is 5.75 Å². The van der Waals surface area contributed by atoms with Crippen LogP contribution in [0.15, 0.2) is 22.7 Å². The van der Waals surface area contributed by atoms with Gasteiger partial charge in [0.15, 0.2) is 0 Å². The number of benzene rings is 1. The summed E-state index contributed by atoms with van der Waals surface area (Å²) in [5.74, 6) is 10.3. The van der Waals surface area contributed by atoms with E-state index in [4.69, 9.17) is 10.6 Å². The van der Waals surface area contributed by atoms with Crippen molar-refractivity contribution in [1.29, 1.82) is 0 Å². The lowest BCUT2D eigenvalue weighted by atomic mass is 10.0. The molecule has 2 unspecified atom stereocenters. The molecule has 0 spiro atoms. The molecule has 0 aliphatic carbocycles. The van der Waals surface area contributed by atoms with Gasteiger partial charge in [-0.2, -0.15) is 23.5 Å². The van der Waals surface area contributed by atoms with Crippen LogP contribution in [0, 0.1) is 0 Å². The van der Waals surface area contributed by atoms with Crippen LogP contribution in [-0.2, 0) is 6.42 Å². The number of ether oxygens (including phenoxy) is 1. The Morgan fingerprint density at radius 3 is 3.00 bits per heavy atom. The molecule has 6 heteroatoms. The second kappa shape index (κ2) is 7.78. The Kier molecular flexibility index (Phi) is 6.35. The normalized spacial score (nSPS) is 21.1. The van der Waals surface area contributed by atoms with Gasteiger partial charge in [-0.1, -0.05) is 15.9 Å². The average Bonchev–Trinajstić information content (AvgIpc) is 2.46. The van der Waals surface area contributed by atoms with Crippen LogP contribution >= 0.6 is 39.5 Å².